The fourth-order valence-corrected chi connectivity index (χ4v) is 5.42. The first-order valence-electron chi connectivity index (χ1n) is 12.5. The van der Waals surface area contributed by atoms with Gasteiger partial charge in [-0.3, -0.25) is 9.59 Å². The molecule has 2 amide bonds. The third-order valence-electron chi connectivity index (χ3n) is 7.47. The van der Waals surface area contributed by atoms with E-state index in [4.69, 9.17) is 5.73 Å². The lowest BCUT2D eigenvalue weighted by Gasteiger charge is -2.38. The smallest absolute Gasteiger partial charge is 0.246 e. The molecule has 1 heterocycles. The molecule has 1 unspecified atom stereocenters. The number of carbonyl (C=O) groups excluding carboxylic acids is 2. The van der Waals surface area contributed by atoms with Crippen LogP contribution in [0.2, 0.25) is 0 Å². The van der Waals surface area contributed by atoms with Gasteiger partial charge in [-0.2, -0.15) is 0 Å². The van der Waals surface area contributed by atoms with Gasteiger partial charge in [0, 0.05) is 25.2 Å². The largest absolute Gasteiger partial charge is 0.368 e. The Labute approximate surface area is 209 Å². The molecule has 0 spiro atoms. The van der Waals surface area contributed by atoms with E-state index in [1.165, 1.54) is 17.7 Å². The number of amides is 2. The summed E-state index contributed by atoms with van der Waals surface area (Å²) in [7, 11) is 0. The van der Waals surface area contributed by atoms with Crippen LogP contribution in [0.1, 0.15) is 55.6 Å². The van der Waals surface area contributed by atoms with Crippen molar-refractivity contribution in [1.82, 2.24) is 10.2 Å². The number of halogens is 3. The van der Waals surface area contributed by atoms with Crippen LogP contribution in [0.4, 0.5) is 13.2 Å². The van der Waals surface area contributed by atoms with Crippen molar-refractivity contribution in [3.63, 3.8) is 0 Å². The molecule has 0 aromatic heterocycles. The summed E-state index contributed by atoms with van der Waals surface area (Å²) in [6.07, 6.45) is 7.83. The second-order valence-corrected chi connectivity index (χ2v) is 9.80. The van der Waals surface area contributed by atoms with Crippen LogP contribution in [-0.4, -0.2) is 41.9 Å². The Bertz CT molecular complexity index is 1070. The monoisotopic (exact) mass is 499 g/mol. The summed E-state index contributed by atoms with van der Waals surface area (Å²) in [6.45, 7) is 0.901. The molecule has 2 aromatic rings. The number of carbonyl (C=O) groups is 2. The standard InChI is InChI=1S/C28H32F3N3O2/c29-23-16-18(17-24(30)26(23)31)6-11-25(35)34-14-12-21(13-15-34)27(28(32)36)33-22-9-7-20(8-10-22)19-4-2-1-3-5-19/h1-6,11,16-17,20-22,27,33H,7-10,12-15H2,(H2,32,36)/b11-6+. The molecular formula is C28H32F3N3O2. The number of piperidine rings is 1. The van der Waals surface area contributed by atoms with E-state index in [0.29, 0.717) is 31.8 Å². The number of hydrogen-bond donors (Lipinski definition) is 2. The molecule has 1 saturated heterocycles. The van der Waals surface area contributed by atoms with Gasteiger partial charge in [-0.25, -0.2) is 13.2 Å². The van der Waals surface area contributed by atoms with Crippen molar-refractivity contribution in [2.24, 2.45) is 11.7 Å². The maximum atomic E-state index is 13.4. The molecule has 2 aliphatic rings. The molecule has 0 bridgehead atoms. The highest BCUT2D eigenvalue weighted by Gasteiger charge is 2.33. The average Bonchev–Trinajstić information content (AvgIpc) is 2.89. The molecule has 0 radical (unpaired) electrons. The van der Waals surface area contributed by atoms with Gasteiger partial charge in [-0.15, -0.1) is 0 Å². The summed E-state index contributed by atoms with van der Waals surface area (Å²) in [6, 6.07) is 12.0. The van der Waals surface area contributed by atoms with Gasteiger partial charge in [-0.05, 0) is 79.7 Å². The Morgan fingerprint density at radius 1 is 0.944 bits per heavy atom. The second kappa shape index (κ2) is 11.7. The van der Waals surface area contributed by atoms with Crippen LogP contribution in [0, 0.1) is 23.4 Å². The molecule has 192 valence electrons. The van der Waals surface area contributed by atoms with Crippen molar-refractivity contribution < 1.29 is 22.8 Å². The van der Waals surface area contributed by atoms with Gasteiger partial charge in [-0.1, -0.05) is 30.3 Å². The van der Waals surface area contributed by atoms with Crippen LogP contribution in [0.15, 0.2) is 48.5 Å². The minimum absolute atomic E-state index is 0.0302. The minimum Gasteiger partial charge on any atom is -0.368 e. The van der Waals surface area contributed by atoms with Gasteiger partial charge >= 0.3 is 0 Å². The summed E-state index contributed by atoms with van der Waals surface area (Å²) >= 11 is 0. The number of rotatable bonds is 7. The van der Waals surface area contributed by atoms with E-state index in [0.717, 1.165) is 37.8 Å². The first-order valence-corrected chi connectivity index (χ1v) is 12.5. The first kappa shape index (κ1) is 25.9. The fraction of sp³-hybridized carbons (Fsp3) is 0.429. The molecule has 2 fully saturated rings. The van der Waals surface area contributed by atoms with Gasteiger partial charge in [0.15, 0.2) is 17.5 Å². The SMILES string of the molecule is NC(=O)C(NC1CCC(c2ccccc2)CC1)C1CCN(C(=O)/C=C/c2cc(F)c(F)c(F)c2)CC1. The summed E-state index contributed by atoms with van der Waals surface area (Å²) in [5, 5.41) is 3.51. The molecule has 1 aliphatic heterocycles. The van der Waals surface area contributed by atoms with Crippen LogP contribution < -0.4 is 11.1 Å². The zero-order valence-corrected chi connectivity index (χ0v) is 20.1. The number of nitrogens with one attached hydrogen (secondary N) is 1. The van der Waals surface area contributed by atoms with E-state index in [-0.39, 0.29) is 29.3 Å². The lowest BCUT2D eigenvalue weighted by Crippen LogP contribution is -2.54. The predicted octanol–water partition coefficient (Wildman–Crippen LogP) is 4.53. The summed E-state index contributed by atoms with van der Waals surface area (Å²) in [5.74, 6) is -4.25. The number of primary amides is 1. The Hall–Kier alpha value is -3.13. The Morgan fingerprint density at radius 3 is 2.14 bits per heavy atom. The van der Waals surface area contributed by atoms with Gasteiger partial charge < -0.3 is 16.0 Å². The van der Waals surface area contributed by atoms with Crippen LogP contribution >= 0.6 is 0 Å². The van der Waals surface area contributed by atoms with Crippen molar-refractivity contribution in [3.05, 3.63) is 77.1 Å². The van der Waals surface area contributed by atoms with Crippen molar-refractivity contribution in [1.29, 1.82) is 0 Å². The first-order chi connectivity index (χ1) is 17.3. The van der Waals surface area contributed by atoms with E-state index < -0.39 is 23.5 Å². The second-order valence-electron chi connectivity index (χ2n) is 9.80. The predicted molar refractivity (Wildman–Crippen MR) is 132 cm³/mol. The molecule has 1 atom stereocenters. The third-order valence-corrected chi connectivity index (χ3v) is 7.47. The number of nitrogens with two attached hydrogens (primary N) is 1. The molecule has 36 heavy (non-hydrogen) atoms. The Balaban J connectivity index is 1.27. The number of likely N-dealkylation sites (tertiary alicyclic amines) is 1. The zero-order valence-electron chi connectivity index (χ0n) is 20.1. The summed E-state index contributed by atoms with van der Waals surface area (Å²) < 4.78 is 39.9. The average molecular weight is 500 g/mol. The van der Waals surface area contributed by atoms with Crippen molar-refractivity contribution in [2.45, 2.75) is 56.5 Å². The molecule has 2 aromatic carbocycles. The van der Waals surface area contributed by atoms with Gasteiger partial charge in [0.1, 0.15) is 0 Å². The van der Waals surface area contributed by atoms with Crippen LogP contribution in [0.5, 0.6) is 0 Å². The minimum atomic E-state index is -1.54. The Morgan fingerprint density at radius 2 is 1.56 bits per heavy atom. The molecule has 8 heteroatoms. The van der Waals surface area contributed by atoms with E-state index in [2.05, 4.69) is 29.6 Å². The maximum absolute atomic E-state index is 13.4. The molecule has 3 N–H and O–H groups in total. The van der Waals surface area contributed by atoms with E-state index in [1.807, 2.05) is 6.07 Å². The van der Waals surface area contributed by atoms with Crippen LogP contribution in [0.25, 0.3) is 6.08 Å². The molecule has 1 aliphatic carbocycles. The topological polar surface area (TPSA) is 75.4 Å². The van der Waals surface area contributed by atoms with Crippen molar-refractivity contribution in [3.8, 4) is 0 Å². The Kier molecular flexibility index (Phi) is 8.46. The lowest BCUT2D eigenvalue weighted by atomic mass is 9.80. The molecule has 1 saturated carbocycles. The summed E-state index contributed by atoms with van der Waals surface area (Å²) in [5.41, 5.74) is 7.19. The van der Waals surface area contributed by atoms with E-state index in [9.17, 15) is 22.8 Å². The van der Waals surface area contributed by atoms with Crippen LogP contribution in [0.3, 0.4) is 0 Å². The fourth-order valence-electron chi connectivity index (χ4n) is 5.42. The number of benzene rings is 2. The highest BCUT2D eigenvalue weighted by molar-refractivity contribution is 5.91. The number of nitrogens with zero attached hydrogens (tertiary/aromatic N) is 1. The van der Waals surface area contributed by atoms with E-state index in [1.54, 1.807) is 4.90 Å². The van der Waals surface area contributed by atoms with Crippen molar-refractivity contribution >= 4 is 17.9 Å². The third kappa shape index (κ3) is 6.35. The molecule has 5 nitrogen and oxygen atoms in total. The lowest BCUT2D eigenvalue weighted by molar-refractivity contribution is -0.128. The van der Waals surface area contributed by atoms with Crippen LogP contribution in [-0.2, 0) is 9.59 Å². The quantitative estimate of drug-likeness (QED) is 0.434. The van der Waals surface area contributed by atoms with Gasteiger partial charge in [0.25, 0.3) is 0 Å². The number of hydrogen-bond acceptors (Lipinski definition) is 3. The zero-order chi connectivity index (χ0) is 25.7. The molecular weight excluding hydrogens is 467 g/mol. The highest BCUT2D eigenvalue weighted by Crippen LogP contribution is 2.33. The summed E-state index contributed by atoms with van der Waals surface area (Å²) in [4.78, 5) is 26.5. The molecule has 4 rings (SSSR count). The van der Waals surface area contributed by atoms with Gasteiger partial charge in [0.05, 0.1) is 6.04 Å². The van der Waals surface area contributed by atoms with E-state index >= 15 is 0 Å². The highest BCUT2D eigenvalue weighted by atomic mass is 19.2. The normalized spacial score (nSPS) is 22.0. The maximum Gasteiger partial charge on any atom is 0.246 e. The van der Waals surface area contributed by atoms with Gasteiger partial charge in [0.2, 0.25) is 11.8 Å². The van der Waals surface area contributed by atoms with Crippen molar-refractivity contribution in [2.75, 3.05) is 13.1 Å².